The van der Waals surface area contributed by atoms with Gasteiger partial charge in [0.1, 0.15) is 0 Å². The van der Waals surface area contributed by atoms with Gasteiger partial charge in [-0.1, -0.05) is 127 Å². The van der Waals surface area contributed by atoms with Crippen LogP contribution in [0.4, 0.5) is 25.8 Å². The second-order valence-electron chi connectivity index (χ2n) is 17.3. The zero-order valence-electron chi connectivity index (χ0n) is 34.6. The first-order valence-electron chi connectivity index (χ1n) is 20.5. The van der Waals surface area contributed by atoms with Gasteiger partial charge in [0.25, 0.3) is 0 Å². The van der Waals surface area contributed by atoms with Gasteiger partial charge in [-0.25, -0.2) is 13.6 Å². The van der Waals surface area contributed by atoms with Crippen molar-refractivity contribution in [1.82, 2.24) is 0 Å². The van der Waals surface area contributed by atoms with E-state index in [0.29, 0.717) is 12.0 Å². The number of halogens is 2. The van der Waals surface area contributed by atoms with Crippen LogP contribution < -0.4 is 9.64 Å². The number of fused-ring (bicyclic) bond motifs is 6. The highest BCUT2D eigenvalue weighted by molar-refractivity contribution is 5.93. The molecule has 0 saturated carbocycles. The van der Waals surface area contributed by atoms with Crippen LogP contribution in [0.25, 0.3) is 33.4 Å². The quantitative estimate of drug-likeness (QED) is 0.114. The molecule has 0 aromatic heterocycles. The summed E-state index contributed by atoms with van der Waals surface area (Å²) in [6, 6.07) is 46.1. The lowest BCUT2D eigenvalue weighted by atomic mass is 9.82. The minimum absolute atomic E-state index is 0.172. The molecule has 2 aliphatic carbocycles. The molecule has 0 spiro atoms. The summed E-state index contributed by atoms with van der Waals surface area (Å²) in [6.45, 7) is 15.3. The van der Waals surface area contributed by atoms with Crippen molar-refractivity contribution in [1.29, 1.82) is 0 Å². The molecule has 2 aliphatic rings. The normalized spacial score (nSPS) is 14.1. The van der Waals surface area contributed by atoms with E-state index in [2.05, 4.69) is 137 Å². The molecule has 59 heavy (non-hydrogen) atoms. The molecule has 0 saturated heterocycles. The zero-order valence-corrected chi connectivity index (χ0v) is 34.6. The van der Waals surface area contributed by atoms with Crippen molar-refractivity contribution in [2.75, 3.05) is 4.90 Å². The molecule has 0 N–H and O–H groups in total. The number of esters is 1. The smallest absolute Gasteiger partial charge is 0.343 e. The number of rotatable bonds is 8. The average Bonchev–Trinajstić information content (AvgIpc) is 3.61. The zero-order chi connectivity index (χ0) is 41.4. The summed E-state index contributed by atoms with van der Waals surface area (Å²) in [7, 11) is 0. The summed E-state index contributed by atoms with van der Waals surface area (Å²) in [4.78, 5) is 15.8. The van der Waals surface area contributed by atoms with Crippen molar-refractivity contribution >= 4 is 23.0 Å². The highest BCUT2D eigenvalue weighted by Crippen LogP contribution is 2.53. The standard InChI is InChI=1S/C54H47F2NO2/c1-8-33-17-18-35(32(2)3)27-44(33)36-28-49(55)51(50(56)29-36)59-52(58)34-19-21-37(22-20-34)57(38-23-25-42-40-13-9-11-15-45(40)53(4,5)47(42)30-38)39-24-26-43-41-14-10-12-16-46(41)54(6,7)48(43)31-39/h9-32H,8H2,1-7H3. The summed E-state index contributed by atoms with van der Waals surface area (Å²) < 4.78 is 36.8. The van der Waals surface area contributed by atoms with Crippen LogP contribution in [-0.2, 0) is 17.3 Å². The maximum Gasteiger partial charge on any atom is 0.343 e. The molecule has 294 valence electrons. The summed E-state index contributed by atoms with van der Waals surface area (Å²) in [5.41, 5.74) is 15.8. The average molecular weight is 780 g/mol. The van der Waals surface area contributed by atoms with Crippen molar-refractivity contribution < 1.29 is 18.3 Å². The van der Waals surface area contributed by atoms with E-state index >= 15 is 8.78 Å². The van der Waals surface area contributed by atoms with Gasteiger partial charge < -0.3 is 9.64 Å². The number of hydrogen-bond donors (Lipinski definition) is 0. The Kier molecular flexibility index (Phi) is 9.19. The van der Waals surface area contributed by atoms with E-state index in [1.807, 2.05) is 31.2 Å². The molecule has 3 nitrogen and oxygen atoms in total. The Bertz CT molecular complexity index is 2680. The lowest BCUT2D eigenvalue weighted by molar-refractivity contribution is 0.0720. The fourth-order valence-corrected chi connectivity index (χ4v) is 9.35. The van der Waals surface area contributed by atoms with Crippen molar-refractivity contribution in [3.63, 3.8) is 0 Å². The number of aryl methyl sites for hydroxylation is 1. The van der Waals surface area contributed by atoms with Gasteiger partial charge in [0.15, 0.2) is 11.6 Å². The summed E-state index contributed by atoms with van der Waals surface area (Å²) in [5, 5.41) is 0. The summed E-state index contributed by atoms with van der Waals surface area (Å²) in [6.07, 6.45) is 0.707. The Balaban J connectivity index is 1.07. The number of anilines is 3. The van der Waals surface area contributed by atoms with Gasteiger partial charge in [-0.05, 0) is 140 Å². The number of ether oxygens (including phenoxy) is 1. The van der Waals surface area contributed by atoms with E-state index < -0.39 is 23.4 Å². The first-order chi connectivity index (χ1) is 28.3. The molecule has 7 aromatic rings. The largest absolute Gasteiger partial charge is 0.417 e. The minimum atomic E-state index is -0.934. The van der Waals surface area contributed by atoms with Gasteiger partial charge in [0.05, 0.1) is 5.56 Å². The van der Waals surface area contributed by atoms with E-state index in [1.54, 1.807) is 12.1 Å². The molecule has 0 radical (unpaired) electrons. The molecule has 7 aromatic carbocycles. The SMILES string of the molecule is CCc1ccc(C(C)C)cc1-c1cc(F)c(OC(=O)c2ccc(N(c3ccc4c(c3)C(C)(C)c3ccccc3-4)c3ccc4c(c3)C(C)(C)c3ccccc3-4)cc2)c(F)c1. The third-order valence-corrected chi connectivity index (χ3v) is 12.7. The number of hydrogen-bond acceptors (Lipinski definition) is 3. The van der Waals surface area contributed by atoms with Gasteiger partial charge >= 0.3 is 5.97 Å². The van der Waals surface area contributed by atoms with E-state index in [9.17, 15) is 4.79 Å². The van der Waals surface area contributed by atoms with Crippen LogP contribution >= 0.6 is 0 Å². The Morgan fingerprint density at radius 1 is 0.576 bits per heavy atom. The van der Waals surface area contributed by atoms with E-state index in [4.69, 9.17) is 4.74 Å². The second-order valence-corrected chi connectivity index (χ2v) is 17.3. The van der Waals surface area contributed by atoms with Gasteiger partial charge in [0.2, 0.25) is 5.75 Å². The molecule has 0 aliphatic heterocycles. The van der Waals surface area contributed by atoms with Crippen molar-refractivity contribution in [2.45, 2.75) is 71.6 Å². The first-order valence-corrected chi connectivity index (χ1v) is 20.5. The molecule has 0 amide bonds. The predicted molar refractivity (Wildman–Crippen MR) is 236 cm³/mol. The van der Waals surface area contributed by atoms with Crippen molar-refractivity contribution in [3.8, 4) is 39.1 Å². The third kappa shape index (κ3) is 6.26. The minimum Gasteiger partial charge on any atom is -0.417 e. The number of carbonyl (C=O) groups excluding carboxylic acids is 1. The predicted octanol–water partition coefficient (Wildman–Crippen LogP) is 14.6. The van der Waals surface area contributed by atoms with Crippen molar-refractivity contribution in [2.24, 2.45) is 0 Å². The molecule has 5 heteroatoms. The Morgan fingerprint density at radius 2 is 1.07 bits per heavy atom. The Morgan fingerprint density at radius 3 is 1.58 bits per heavy atom. The topological polar surface area (TPSA) is 29.5 Å². The lowest BCUT2D eigenvalue weighted by Crippen LogP contribution is -2.18. The van der Waals surface area contributed by atoms with Crippen molar-refractivity contribution in [3.05, 3.63) is 190 Å². The van der Waals surface area contributed by atoms with Gasteiger partial charge in [0, 0.05) is 27.9 Å². The first kappa shape index (κ1) is 38.2. The highest BCUT2D eigenvalue weighted by Gasteiger charge is 2.37. The fourth-order valence-electron chi connectivity index (χ4n) is 9.35. The van der Waals surface area contributed by atoms with Crippen LogP contribution in [-0.4, -0.2) is 5.97 Å². The van der Waals surface area contributed by atoms with Crippen LogP contribution in [0.15, 0.2) is 140 Å². The van der Waals surface area contributed by atoms with Gasteiger partial charge in [-0.2, -0.15) is 0 Å². The molecular weight excluding hydrogens is 733 g/mol. The molecule has 0 fully saturated rings. The maximum atomic E-state index is 15.7. The number of benzene rings is 7. The highest BCUT2D eigenvalue weighted by atomic mass is 19.1. The molecular formula is C54H47F2NO2. The molecule has 0 bridgehead atoms. The van der Waals surface area contributed by atoms with Gasteiger partial charge in [-0.3, -0.25) is 0 Å². The molecule has 9 rings (SSSR count). The van der Waals surface area contributed by atoms with Crippen LogP contribution in [0.1, 0.15) is 98.1 Å². The van der Waals surface area contributed by atoms with Crippen LogP contribution in [0, 0.1) is 11.6 Å². The lowest BCUT2D eigenvalue weighted by Gasteiger charge is -2.29. The number of nitrogens with zero attached hydrogens (tertiary/aromatic N) is 1. The van der Waals surface area contributed by atoms with E-state index in [0.717, 1.165) is 33.8 Å². The fraction of sp³-hybridized carbons (Fsp3) is 0.204. The van der Waals surface area contributed by atoms with E-state index in [1.165, 1.54) is 56.6 Å². The van der Waals surface area contributed by atoms with E-state index in [-0.39, 0.29) is 22.3 Å². The molecule has 0 heterocycles. The maximum absolute atomic E-state index is 15.7. The Hall–Kier alpha value is -6.33. The molecule has 0 atom stereocenters. The third-order valence-electron chi connectivity index (χ3n) is 12.7. The summed E-state index contributed by atoms with van der Waals surface area (Å²) >= 11 is 0. The Labute approximate surface area is 346 Å². The molecule has 0 unspecified atom stereocenters. The second kappa shape index (κ2) is 14.2. The number of carbonyl (C=O) groups is 1. The van der Waals surface area contributed by atoms with Crippen LogP contribution in [0.3, 0.4) is 0 Å². The summed E-state index contributed by atoms with van der Waals surface area (Å²) in [5.74, 6) is -3.18. The van der Waals surface area contributed by atoms with Gasteiger partial charge in [-0.15, -0.1) is 0 Å². The van der Waals surface area contributed by atoms with Crippen LogP contribution in [0.2, 0.25) is 0 Å². The van der Waals surface area contributed by atoms with Crippen LogP contribution in [0.5, 0.6) is 5.75 Å². The monoisotopic (exact) mass is 779 g/mol.